The number of methoxy groups -OCH3 is 2. The third-order valence-electron chi connectivity index (χ3n) is 3.43. The van der Waals surface area contributed by atoms with E-state index in [4.69, 9.17) is 9.47 Å². The van der Waals surface area contributed by atoms with Crippen LogP contribution in [0.5, 0.6) is 11.5 Å². The van der Waals surface area contributed by atoms with E-state index < -0.39 is 6.10 Å². The number of aliphatic hydroxyl groups is 1. The van der Waals surface area contributed by atoms with E-state index in [0.29, 0.717) is 6.54 Å². The highest BCUT2D eigenvalue weighted by molar-refractivity contribution is 5.61. The third kappa shape index (κ3) is 3.67. The van der Waals surface area contributed by atoms with E-state index in [2.05, 4.69) is 0 Å². The van der Waals surface area contributed by atoms with Gasteiger partial charge in [-0.15, -0.1) is 0 Å². The van der Waals surface area contributed by atoms with Gasteiger partial charge in [-0.3, -0.25) is 0 Å². The van der Waals surface area contributed by atoms with Crippen LogP contribution in [0.1, 0.15) is 11.7 Å². The molecule has 0 aliphatic heterocycles. The van der Waals surface area contributed by atoms with Gasteiger partial charge in [-0.25, -0.2) is 0 Å². The van der Waals surface area contributed by atoms with Gasteiger partial charge in [0.2, 0.25) is 0 Å². The van der Waals surface area contributed by atoms with Gasteiger partial charge in [0.1, 0.15) is 11.5 Å². The molecule has 0 amide bonds. The Labute approximate surface area is 125 Å². The summed E-state index contributed by atoms with van der Waals surface area (Å²) >= 11 is 0. The maximum Gasteiger partial charge on any atom is 0.142 e. The zero-order valence-electron chi connectivity index (χ0n) is 12.6. The van der Waals surface area contributed by atoms with E-state index in [1.165, 1.54) is 0 Å². The molecule has 0 aromatic heterocycles. The summed E-state index contributed by atoms with van der Waals surface area (Å²) in [4.78, 5) is 1.96. The highest BCUT2D eigenvalue weighted by Gasteiger charge is 2.15. The van der Waals surface area contributed by atoms with Gasteiger partial charge in [0, 0.05) is 19.7 Å². The van der Waals surface area contributed by atoms with Crippen LogP contribution in [0.25, 0.3) is 0 Å². The lowest BCUT2D eigenvalue weighted by Gasteiger charge is -2.25. The van der Waals surface area contributed by atoms with Gasteiger partial charge in [0.25, 0.3) is 0 Å². The standard InChI is InChI=1S/C17H21NO3/c1-18(12-16(19)13-7-5-4-6-8-13)15-11-14(20-2)9-10-17(15)21-3/h4-11,16,19H,12H2,1-3H3. The van der Waals surface area contributed by atoms with Crippen molar-refractivity contribution in [3.05, 3.63) is 54.1 Å². The molecule has 2 rings (SSSR count). The number of rotatable bonds is 6. The number of likely N-dealkylation sites (N-methyl/N-ethyl adjacent to an activating group) is 1. The van der Waals surface area contributed by atoms with Gasteiger partial charge < -0.3 is 19.5 Å². The Kier molecular flexibility index (Phi) is 5.06. The minimum atomic E-state index is -0.563. The predicted molar refractivity (Wildman–Crippen MR) is 84.2 cm³/mol. The van der Waals surface area contributed by atoms with Crippen molar-refractivity contribution in [2.24, 2.45) is 0 Å². The Morgan fingerprint density at radius 2 is 1.76 bits per heavy atom. The summed E-state index contributed by atoms with van der Waals surface area (Å²) in [6, 6.07) is 15.2. The van der Waals surface area contributed by atoms with Crippen LogP contribution in [-0.2, 0) is 0 Å². The smallest absolute Gasteiger partial charge is 0.142 e. The van der Waals surface area contributed by atoms with Crippen LogP contribution in [0.4, 0.5) is 5.69 Å². The number of nitrogens with zero attached hydrogens (tertiary/aromatic N) is 1. The van der Waals surface area contributed by atoms with Crippen LogP contribution in [-0.4, -0.2) is 32.9 Å². The van der Waals surface area contributed by atoms with Crippen molar-refractivity contribution in [2.45, 2.75) is 6.10 Å². The molecule has 1 atom stereocenters. The number of aliphatic hydroxyl groups excluding tert-OH is 1. The fraction of sp³-hybridized carbons (Fsp3) is 0.294. The van der Waals surface area contributed by atoms with Crippen LogP contribution in [0, 0.1) is 0 Å². The minimum absolute atomic E-state index is 0.466. The van der Waals surface area contributed by atoms with Crippen molar-refractivity contribution in [2.75, 3.05) is 32.7 Å². The highest BCUT2D eigenvalue weighted by Crippen LogP contribution is 2.32. The summed E-state index contributed by atoms with van der Waals surface area (Å²) in [7, 11) is 5.18. The molecule has 2 aromatic carbocycles. The van der Waals surface area contributed by atoms with Crippen molar-refractivity contribution in [3.8, 4) is 11.5 Å². The second-order valence-electron chi connectivity index (χ2n) is 4.84. The molecular weight excluding hydrogens is 266 g/mol. The predicted octanol–water partition coefficient (Wildman–Crippen LogP) is 2.87. The fourth-order valence-corrected chi connectivity index (χ4v) is 2.23. The number of anilines is 1. The van der Waals surface area contributed by atoms with Crippen LogP contribution >= 0.6 is 0 Å². The molecular formula is C17H21NO3. The van der Waals surface area contributed by atoms with Crippen LogP contribution < -0.4 is 14.4 Å². The molecule has 1 N–H and O–H groups in total. The second kappa shape index (κ2) is 6.99. The summed E-state index contributed by atoms with van der Waals surface area (Å²) in [6.45, 7) is 0.466. The molecule has 0 heterocycles. The molecule has 0 saturated carbocycles. The molecule has 112 valence electrons. The van der Waals surface area contributed by atoms with Gasteiger partial charge in [-0.1, -0.05) is 30.3 Å². The van der Waals surface area contributed by atoms with E-state index in [1.54, 1.807) is 14.2 Å². The van der Waals surface area contributed by atoms with Crippen LogP contribution in [0.3, 0.4) is 0 Å². The molecule has 4 nitrogen and oxygen atoms in total. The second-order valence-corrected chi connectivity index (χ2v) is 4.84. The maximum atomic E-state index is 10.3. The van der Waals surface area contributed by atoms with Crippen molar-refractivity contribution in [3.63, 3.8) is 0 Å². The lowest BCUT2D eigenvalue weighted by Crippen LogP contribution is -2.24. The van der Waals surface area contributed by atoms with Crippen molar-refractivity contribution < 1.29 is 14.6 Å². The molecule has 0 saturated heterocycles. The molecule has 0 radical (unpaired) electrons. The topological polar surface area (TPSA) is 41.9 Å². The number of ether oxygens (including phenoxy) is 2. The zero-order chi connectivity index (χ0) is 15.2. The Hall–Kier alpha value is -2.20. The summed E-state index contributed by atoms with van der Waals surface area (Å²) in [5.41, 5.74) is 1.78. The van der Waals surface area contributed by atoms with E-state index in [-0.39, 0.29) is 0 Å². The maximum absolute atomic E-state index is 10.3. The normalized spacial score (nSPS) is 11.8. The first kappa shape index (κ1) is 15.2. The molecule has 21 heavy (non-hydrogen) atoms. The van der Waals surface area contributed by atoms with Gasteiger partial charge >= 0.3 is 0 Å². The summed E-state index contributed by atoms with van der Waals surface area (Å²) in [5, 5.41) is 10.3. The van der Waals surface area contributed by atoms with Crippen molar-refractivity contribution in [1.82, 2.24) is 0 Å². The Bertz CT molecular complexity index is 572. The average Bonchev–Trinajstić information content (AvgIpc) is 2.54. The lowest BCUT2D eigenvalue weighted by molar-refractivity contribution is 0.185. The van der Waals surface area contributed by atoms with Crippen LogP contribution in [0.2, 0.25) is 0 Å². The molecule has 0 aliphatic rings. The molecule has 1 unspecified atom stereocenters. The van der Waals surface area contributed by atoms with Crippen molar-refractivity contribution >= 4 is 5.69 Å². The lowest BCUT2D eigenvalue weighted by atomic mass is 10.1. The minimum Gasteiger partial charge on any atom is -0.497 e. The Morgan fingerprint density at radius 1 is 1.05 bits per heavy atom. The van der Waals surface area contributed by atoms with Gasteiger partial charge in [-0.2, -0.15) is 0 Å². The van der Waals surface area contributed by atoms with Gasteiger partial charge in [-0.05, 0) is 17.7 Å². The number of hydrogen-bond donors (Lipinski definition) is 1. The molecule has 0 spiro atoms. The van der Waals surface area contributed by atoms with Gasteiger partial charge in [0.15, 0.2) is 0 Å². The first-order valence-corrected chi connectivity index (χ1v) is 6.82. The molecule has 0 fully saturated rings. The SMILES string of the molecule is COc1ccc(OC)c(N(C)CC(O)c2ccccc2)c1. The largest absolute Gasteiger partial charge is 0.497 e. The van der Waals surface area contributed by atoms with E-state index >= 15 is 0 Å². The van der Waals surface area contributed by atoms with E-state index in [0.717, 1.165) is 22.7 Å². The Morgan fingerprint density at radius 3 is 2.38 bits per heavy atom. The number of hydrogen-bond acceptors (Lipinski definition) is 4. The average molecular weight is 287 g/mol. The molecule has 0 bridgehead atoms. The highest BCUT2D eigenvalue weighted by atomic mass is 16.5. The first-order valence-electron chi connectivity index (χ1n) is 6.82. The van der Waals surface area contributed by atoms with E-state index in [1.807, 2.05) is 60.5 Å². The monoisotopic (exact) mass is 287 g/mol. The van der Waals surface area contributed by atoms with Crippen molar-refractivity contribution in [1.29, 1.82) is 0 Å². The first-order chi connectivity index (χ1) is 10.2. The fourth-order valence-electron chi connectivity index (χ4n) is 2.23. The quantitative estimate of drug-likeness (QED) is 0.887. The third-order valence-corrected chi connectivity index (χ3v) is 3.43. The Balaban J connectivity index is 2.18. The summed E-state index contributed by atoms with van der Waals surface area (Å²) in [5.74, 6) is 1.51. The zero-order valence-corrected chi connectivity index (χ0v) is 12.6. The van der Waals surface area contributed by atoms with Crippen LogP contribution in [0.15, 0.2) is 48.5 Å². The summed E-state index contributed by atoms with van der Waals surface area (Å²) < 4.78 is 10.6. The molecule has 4 heteroatoms. The van der Waals surface area contributed by atoms with E-state index in [9.17, 15) is 5.11 Å². The summed E-state index contributed by atoms with van der Waals surface area (Å²) in [6.07, 6.45) is -0.563. The van der Waals surface area contributed by atoms with Gasteiger partial charge in [0.05, 0.1) is 26.0 Å². The molecule has 2 aromatic rings. The number of benzene rings is 2. The molecule has 0 aliphatic carbocycles.